The molecule has 0 radical (unpaired) electrons. The number of sulfone groups is 1. The van der Waals surface area contributed by atoms with Crippen molar-refractivity contribution < 1.29 is 22.7 Å². The number of aromatic nitrogens is 2. The molecular formula is C30H32N4O5S2. The second-order valence-corrected chi connectivity index (χ2v) is 13.1. The fourth-order valence-corrected chi connectivity index (χ4v) is 5.36. The minimum absolute atomic E-state index is 0.244. The van der Waals surface area contributed by atoms with Crippen LogP contribution < -0.4 is 10.6 Å². The lowest BCUT2D eigenvalue weighted by molar-refractivity contribution is 0.0523. The number of anilines is 1. The van der Waals surface area contributed by atoms with Gasteiger partial charge in [-0.2, -0.15) is 5.10 Å². The van der Waals surface area contributed by atoms with Gasteiger partial charge in [-0.25, -0.2) is 17.9 Å². The molecule has 4 rings (SSSR count). The number of hydrogen-bond donors (Lipinski definition) is 2. The highest BCUT2D eigenvalue weighted by Gasteiger charge is 2.19. The maximum atomic E-state index is 13.4. The van der Waals surface area contributed by atoms with E-state index in [1.807, 2.05) is 30.5 Å². The van der Waals surface area contributed by atoms with Crippen LogP contribution >= 0.6 is 11.8 Å². The molecule has 0 bridgehead atoms. The molecular weight excluding hydrogens is 560 g/mol. The second kappa shape index (κ2) is 12.2. The maximum Gasteiger partial charge on any atom is 0.407 e. The Bertz CT molecular complexity index is 1670. The molecule has 0 aliphatic heterocycles. The Morgan fingerprint density at radius 1 is 0.976 bits per heavy atom. The van der Waals surface area contributed by atoms with Gasteiger partial charge >= 0.3 is 6.09 Å². The number of rotatable bonds is 8. The molecule has 2 N–H and O–H groups in total. The van der Waals surface area contributed by atoms with E-state index < -0.39 is 21.5 Å². The lowest BCUT2D eigenvalue weighted by Crippen LogP contribution is -2.32. The van der Waals surface area contributed by atoms with Crippen LogP contribution in [-0.2, 0) is 21.1 Å². The lowest BCUT2D eigenvalue weighted by atomic mass is 10.1. The van der Waals surface area contributed by atoms with Crippen LogP contribution in [0, 0.1) is 0 Å². The Hall–Kier alpha value is -4.09. The Kier molecular flexibility index (Phi) is 8.89. The maximum absolute atomic E-state index is 13.4. The van der Waals surface area contributed by atoms with Gasteiger partial charge in [-0.15, -0.1) is 11.8 Å². The zero-order valence-corrected chi connectivity index (χ0v) is 25.1. The molecule has 0 saturated carbocycles. The smallest absolute Gasteiger partial charge is 0.407 e. The Labute approximate surface area is 244 Å². The van der Waals surface area contributed by atoms with Gasteiger partial charge in [0.05, 0.1) is 10.6 Å². The molecule has 0 unspecified atom stereocenters. The van der Waals surface area contributed by atoms with Gasteiger partial charge in [0, 0.05) is 30.1 Å². The van der Waals surface area contributed by atoms with Crippen molar-refractivity contribution in [1.29, 1.82) is 0 Å². The van der Waals surface area contributed by atoms with Crippen LogP contribution in [0.1, 0.15) is 36.8 Å². The number of hydrogen-bond acceptors (Lipinski definition) is 7. The van der Waals surface area contributed by atoms with Crippen LogP contribution in [0.3, 0.4) is 0 Å². The van der Waals surface area contributed by atoms with E-state index in [1.165, 1.54) is 18.0 Å². The number of nitrogens with one attached hydrogen (secondary N) is 2. The highest BCUT2D eigenvalue weighted by atomic mass is 32.2. The van der Waals surface area contributed by atoms with E-state index in [2.05, 4.69) is 15.7 Å². The number of ether oxygens (including phenoxy) is 1. The minimum Gasteiger partial charge on any atom is -0.444 e. The second-order valence-electron chi connectivity index (χ2n) is 10.3. The first-order valence-electron chi connectivity index (χ1n) is 12.7. The minimum atomic E-state index is -3.41. The summed E-state index contributed by atoms with van der Waals surface area (Å²) < 4.78 is 31.3. The summed E-state index contributed by atoms with van der Waals surface area (Å²) in [7, 11) is -3.41. The van der Waals surface area contributed by atoms with Crippen molar-refractivity contribution >= 4 is 39.3 Å². The number of carbonyl (C=O) groups excluding carboxylic acids is 2. The molecule has 41 heavy (non-hydrogen) atoms. The molecule has 1 aromatic heterocycles. The fraction of sp³-hybridized carbons (Fsp3) is 0.233. The van der Waals surface area contributed by atoms with Crippen molar-refractivity contribution in [2.75, 3.05) is 17.8 Å². The summed E-state index contributed by atoms with van der Waals surface area (Å²) in [6.07, 6.45) is 2.54. The third-order valence-electron chi connectivity index (χ3n) is 5.86. The van der Waals surface area contributed by atoms with Crippen LogP contribution in [0.15, 0.2) is 88.8 Å². The Morgan fingerprint density at radius 2 is 1.68 bits per heavy atom. The molecule has 0 aliphatic carbocycles. The van der Waals surface area contributed by atoms with Crippen molar-refractivity contribution in [3.63, 3.8) is 0 Å². The summed E-state index contributed by atoms with van der Waals surface area (Å²) in [6.45, 7) is 5.64. The lowest BCUT2D eigenvalue weighted by Gasteiger charge is -2.19. The van der Waals surface area contributed by atoms with Crippen LogP contribution in [-0.4, -0.2) is 48.3 Å². The summed E-state index contributed by atoms with van der Waals surface area (Å²) in [5, 5.41) is 10.9. The van der Waals surface area contributed by atoms with E-state index >= 15 is 0 Å². The summed E-state index contributed by atoms with van der Waals surface area (Å²) in [6, 6.07) is 22.9. The zero-order valence-electron chi connectivity index (χ0n) is 23.5. The van der Waals surface area contributed by atoms with Gasteiger partial charge in [0.15, 0.2) is 9.84 Å². The molecule has 0 saturated heterocycles. The van der Waals surface area contributed by atoms with Crippen LogP contribution in [0.4, 0.5) is 10.5 Å². The van der Waals surface area contributed by atoms with Crippen LogP contribution in [0.2, 0.25) is 0 Å². The summed E-state index contributed by atoms with van der Waals surface area (Å²) in [4.78, 5) is 25.7. The predicted molar refractivity (Wildman–Crippen MR) is 161 cm³/mol. The third kappa shape index (κ3) is 7.77. The molecule has 0 aliphatic rings. The Morgan fingerprint density at radius 3 is 2.34 bits per heavy atom. The molecule has 2 amide bonds. The summed E-state index contributed by atoms with van der Waals surface area (Å²) in [5.41, 5.74) is 3.06. The predicted octanol–water partition coefficient (Wildman–Crippen LogP) is 5.94. The van der Waals surface area contributed by atoms with Crippen LogP contribution in [0.25, 0.3) is 16.8 Å². The van der Waals surface area contributed by atoms with Gasteiger partial charge in [0.25, 0.3) is 5.91 Å². The van der Waals surface area contributed by atoms with Crippen molar-refractivity contribution in [2.24, 2.45) is 0 Å². The fourth-order valence-electron chi connectivity index (χ4n) is 4.06. The van der Waals surface area contributed by atoms with Crippen molar-refractivity contribution in [3.8, 4) is 16.8 Å². The van der Waals surface area contributed by atoms with Crippen molar-refractivity contribution in [1.82, 2.24) is 15.1 Å². The highest BCUT2D eigenvalue weighted by molar-refractivity contribution is 7.98. The molecule has 11 heteroatoms. The molecule has 1 heterocycles. The number of thioether (sulfide) groups is 1. The van der Waals surface area contributed by atoms with Gasteiger partial charge in [-0.05, 0) is 68.5 Å². The van der Waals surface area contributed by atoms with Crippen molar-refractivity contribution in [2.45, 2.75) is 42.8 Å². The largest absolute Gasteiger partial charge is 0.444 e. The first-order chi connectivity index (χ1) is 19.3. The third-order valence-corrected chi connectivity index (χ3v) is 7.63. The van der Waals surface area contributed by atoms with E-state index in [1.54, 1.807) is 80.1 Å². The van der Waals surface area contributed by atoms with Gasteiger partial charge < -0.3 is 15.4 Å². The SMILES string of the molecule is CSc1cc(C(=O)Nc2ccc(-c3ccccc3S(C)(=O)=O)cc2)n(-c2cccc(CNC(=O)OC(C)(C)C)c2)n1. The Balaban J connectivity index is 1.54. The van der Waals surface area contributed by atoms with Crippen LogP contribution in [0.5, 0.6) is 0 Å². The molecule has 9 nitrogen and oxygen atoms in total. The van der Waals surface area contributed by atoms with Gasteiger partial charge in [0.1, 0.15) is 16.3 Å². The first kappa shape index (κ1) is 29.9. The molecule has 214 valence electrons. The van der Waals surface area contributed by atoms with E-state index in [9.17, 15) is 18.0 Å². The number of amides is 2. The number of nitrogens with zero attached hydrogens (tertiary/aromatic N) is 2. The quantitative estimate of drug-likeness (QED) is 0.243. The van der Waals surface area contributed by atoms with E-state index in [-0.39, 0.29) is 17.3 Å². The average Bonchev–Trinajstić information content (AvgIpc) is 3.36. The summed E-state index contributed by atoms with van der Waals surface area (Å²) >= 11 is 1.41. The zero-order chi connectivity index (χ0) is 29.8. The van der Waals surface area contributed by atoms with E-state index in [0.717, 1.165) is 11.1 Å². The van der Waals surface area contributed by atoms with Gasteiger partial charge in [-0.1, -0.05) is 42.5 Å². The highest BCUT2D eigenvalue weighted by Crippen LogP contribution is 2.28. The van der Waals surface area contributed by atoms with E-state index in [0.29, 0.717) is 27.7 Å². The van der Waals surface area contributed by atoms with Gasteiger partial charge in [-0.3, -0.25) is 4.79 Å². The number of benzene rings is 3. The first-order valence-corrected chi connectivity index (χ1v) is 15.9. The summed E-state index contributed by atoms with van der Waals surface area (Å²) in [5.74, 6) is -0.362. The molecule has 0 atom stereocenters. The van der Waals surface area contributed by atoms with Crippen molar-refractivity contribution in [3.05, 3.63) is 90.1 Å². The topological polar surface area (TPSA) is 119 Å². The molecule has 4 aromatic rings. The normalized spacial score (nSPS) is 11.6. The standard InChI is InChI=1S/C30H32N4O5S2/c1-30(2,3)39-29(36)31-19-20-9-8-10-23(17-20)34-25(18-27(33-34)40-4)28(35)32-22-15-13-21(14-16-22)24-11-6-7-12-26(24)41(5,37)38/h6-18H,19H2,1-5H3,(H,31,36)(H,32,35). The van der Waals surface area contributed by atoms with E-state index in [4.69, 9.17) is 4.74 Å². The van der Waals surface area contributed by atoms with Gasteiger partial charge in [0.2, 0.25) is 0 Å². The average molecular weight is 593 g/mol. The monoisotopic (exact) mass is 592 g/mol. The molecule has 0 spiro atoms. The molecule has 3 aromatic carbocycles. The number of carbonyl (C=O) groups is 2. The molecule has 0 fully saturated rings. The number of alkyl carbamates (subject to hydrolysis) is 1.